The number of anilines is 1. The summed E-state index contributed by atoms with van der Waals surface area (Å²) in [6.07, 6.45) is 4.83. The molecule has 6 heteroatoms. The predicted molar refractivity (Wildman–Crippen MR) is 134 cm³/mol. The summed E-state index contributed by atoms with van der Waals surface area (Å²) in [5.74, 6) is 2.64. The van der Waals surface area contributed by atoms with E-state index < -0.39 is 0 Å². The normalized spacial score (nSPS) is 26.2. The molecule has 3 unspecified atom stereocenters. The molecular formula is C28H36N4O2. The molecule has 3 atom stereocenters. The van der Waals surface area contributed by atoms with Gasteiger partial charge in [0.1, 0.15) is 11.9 Å². The van der Waals surface area contributed by atoms with Crippen molar-refractivity contribution in [3.63, 3.8) is 0 Å². The molecule has 180 valence electrons. The highest BCUT2D eigenvalue weighted by atomic mass is 16.2. The van der Waals surface area contributed by atoms with E-state index in [0.29, 0.717) is 24.3 Å². The molecule has 6 nitrogen and oxygen atoms in total. The van der Waals surface area contributed by atoms with Crippen molar-refractivity contribution < 1.29 is 9.59 Å². The van der Waals surface area contributed by atoms with Crippen LogP contribution in [0.1, 0.15) is 56.0 Å². The molecule has 2 saturated heterocycles. The van der Waals surface area contributed by atoms with Crippen molar-refractivity contribution >= 4 is 17.6 Å². The van der Waals surface area contributed by atoms with E-state index in [9.17, 15) is 9.59 Å². The smallest absolute Gasteiger partial charge is 0.253 e. The van der Waals surface area contributed by atoms with Crippen LogP contribution in [-0.4, -0.2) is 53.9 Å². The average molecular weight is 461 g/mol. The Kier molecular flexibility index (Phi) is 6.09. The Hall–Kier alpha value is -2.89. The zero-order valence-corrected chi connectivity index (χ0v) is 20.5. The van der Waals surface area contributed by atoms with Gasteiger partial charge in [0.2, 0.25) is 5.91 Å². The van der Waals surface area contributed by atoms with E-state index in [1.807, 2.05) is 35.2 Å². The van der Waals surface area contributed by atoms with Gasteiger partial charge in [-0.1, -0.05) is 39.0 Å². The van der Waals surface area contributed by atoms with Gasteiger partial charge in [0, 0.05) is 37.9 Å². The fourth-order valence-corrected chi connectivity index (χ4v) is 5.75. The topological polar surface area (TPSA) is 65.5 Å². The lowest BCUT2D eigenvalue weighted by Gasteiger charge is -2.35. The first-order chi connectivity index (χ1) is 16.3. The summed E-state index contributed by atoms with van der Waals surface area (Å²) in [5, 5.41) is 3.23. The number of likely N-dealkylation sites (tertiary alicyclic amines) is 1. The molecular weight excluding hydrogens is 424 g/mol. The van der Waals surface area contributed by atoms with E-state index in [-0.39, 0.29) is 23.3 Å². The maximum absolute atomic E-state index is 13.0. The Morgan fingerprint density at radius 1 is 1.03 bits per heavy atom. The maximum atomic E-state index is 13.0. The van der Waals surface area contributed by atoms with Gasteiger partial charge < -0.3 is 15.1 Å². The van der Waals surface area contributed by atoms with Crippen LogP contribution in [0, 0.1) is 17.8 Å². The van der Waals surface area contributed by atoms with Crippen molar-refractivity contribution in [2.45, 2.75) is 51.5 Å². The van der Waals surface area contributed by atoms with Crippen LogP contribution in [0.4, 0.5) is 5.82 Å². The number of rotatable bonds is 5. The van der Waals surface area contributed by atoms with Crippen LogP contribution in [0.3, 0.4) is 0 Å². The molecule has 2 amide bonds. The summed E-state index contributed by atoms with van der Waals surface area (Å²) < 4.78 is 0. The molecule has 2 aromatic rings. The van der Waals surface area contributed by atoms with Crippen LogP contribution in [0.25, 0.3) is 0 Å². The number of nitrogens with one attached hydrogen (secondary N) is 1. The molecule has 1 N–H and O–H groups in total. The lowest BCUT2D eigenvalue weighted by atomic mass is 9.86. The number of fused-ring (bicyclic) bond motifs is 1. The SMILES string of the molecule is CC(C)(C)c1ccc(C(=O)N2CC3C(CNC(=O)C4CCCCN4c4ccccn4)C3C2)cc1. The van der Waals surface area contributed by atoms with Gasteiger partial charge in [-0.05, 0) is 72.3 Å². The number of hydrogen-bond acceptors (Lipinski definition) is 4. The molecule has 1 saturated carbocycles. The molecule has 2 aliphatic heterocycles. The Morgan fingerprint density at radius 3 is 2.41 bits per heavy atom. The van der Waals surface area contributed by atoms with Gasteiger partial charge in [0.25, 0.3) is 5.91 Å². The Labute approximate surface area is 202 Å². The lowest BCUT2D eigenvalue weighted by Crippen LogP contribution is -2.50. The van der Waals surface area contributed by atoms with E-state index in [1.54, 1.807) is 6.20 Å². The third-order valence-electron chi connectivity index (χ3n) is 7.92. The zero-order valence-electron chi connectivity index (χ0n) is 20.5. The molecule has 0 bridgehead atoms. The molecule has 5 rings (SSSR count). The van der Waals surface area contributed by atoms with Gasteiger partial charge in [-0.3, -0.25) is 9.59 Å². The molecule has 0 spiro atoms. The molecule has 1 aromatic carbocycles. The van der Waals surface area contributed by atoms with Gasteiger partial charge in [0.15, 0.2) is 0 Å². The van der Waals surface area contributed by atoms with Gasteiger partial charge in [0.05, 0.1) is 0 Å². The number of carbonyl (C=O) groups is 2. The van der Waals surface area contributed by atoms with Crippen LogP contribution < -0.4 is 10.2 Å². The molecule has 3 aliphatic rings. The van der Waals surface area contributed by atoms with Gasteiger partial charge >= 0.3 is 0 Å². The largest absolute Gasteiger partial charge is 0.354 e. The van der Waals surface area contributed by atoms with Crippen LogP contribution >= 0.6 is 0 Å². The number of nitrogens with zero attached hydrogens (tertiary/aromatic N) is 3. The van der Waals surface area contributed by atoms with E-state index in [1.165, 1.54) is 5.56 Å². The van der Waals surface area contributed by atoms with Crippen molar-refractivity contribution in [2.75, 3.05) is 31.1 Å². The van der Waals surface area contributed by atoms with Crippen LogP contribution in [0.2, 0.25) is 0 Å². The maximum Gasteiger partial charge on any atom is 0.253 e. The monoisotopic (exact) mass is 460 g/mol. The molecule has 34 heavy (non-hydrogen) atoms. The standard InChI is InChI=1S/C28H36N4O2/c1-28(2,3)20-12-10-19(11-13-20)27(34)31-17-22-21(23(22)18-31)16-30-26(33)24-8-5-7-15-32(24)25-9-4-6-14-29-25/h4,6,9-14,21-24H,5,7-8,15-18H2,1-3H3,(H,30,33). The number of amides is 2. The van der Waals surface area contributed by atoms with Crippen LogP contribution in [0.15, 0.2) is 48.7 Å². The summed E-state index contributed by atoms with van der Waals surface area (Å²) >= 11 is 0. The number of benzene rings is 1. The van der Waals surface area contributed by atoms with Crippen molar-refractivity contribution in [3.8, 4) is 0 Å². The Morgan fingerprint density at radius 2 is 1.76 bits per heavy atom. The predicted octanol–water partition coefficient (Wildman–Crippen LogP) is 3.87. The number of carbonyl (C=O) groups excluding carboxylic acids is 2. The molecule has 1 aromatic heterocycles. The van der Waals surface area contributed by atoms with Crippen LogP contribution in [-0.2, 0) is 10.2 Å². The Balaban J connectivity index is 1.12. The van der Waals surface area contributed by atoms with E-state index in [4.69, 9.17) is 0 Å². The molecule has 3 heterocycles. The summed E-state index contributed by atoms with van der Waals surface area (Å²) in [6.45, 7) is 9.73. The van der Waals surface area contributed by atoms with Gasteiger partial charge in [-0.25, -0.2) is 4.98 Å². The molecule has 0 radical (unpaired) electrons. The third kappa shape index (κ3) is 4.55. The third-order valence-corrected chi connectivity index (χ3v) is 7.92. The number of piperidine rings is 2. The molecule has 1 aliphatic carbocycles. The first kappa shape index (κ1) is 22.9. The van der Waals surface area contributed by atoms with Crippen molar-refractivity contribution in [1.82, 2.24) is 15.2 Å². The van der Waals surface area contributed by atoms with E-state index >= 15 is 0 Å². The minimum atomic E-state index is -0.142. The lowest BCUT2D eigenvalue weighted by molar-refractivity contribution is -0.123. The first-order valence-electron chi connectivity index (χ1n) is 12.7. The van der Waals surface area contributed by atoms with Crippen molar-refractivity contribution in [2.24, 2.45) is 17.8 Å². The molecule has 3 fully saturated rings. The first-order valence-corrected chi connectivity index (χ1v) is 12.7. The highest BCUT2D eigenvalue weighted by molar-refractivity contribution is 5.94. The minimum absolute atomic E-state index is 0.0841. The van der Waals surface area contributed by atoms with Crippen LogP contribution in [0.5, 0.6) is 0 Å². The summed E-state index contributed by atoms with van der Waals surface area (Å²) in [7, 11) is 0. The number of pyridine rings is 1. The summed E-state index contributed by atoms with van der Waals surface area (Å²) in [5.41, 5.74) is 2.09. The van der Waals surface area contributed by atoms with Crippen molar-refractivity contribution in [3.05, 3.63) is 59.8 Å². The average Bonchev–Trinajstić information content (AvgIpc) is 3.30. The van der Waals surface area contributed by atoms with E-state index in [2.05, 4.69) is 48.1 Å². The van der Waals surface area contributed by atoms with Gasteiger partial charge in [-0.2, -0.15) is 0 Å². The summed E-state index contributed by atoms with van der Waals surface area (Å²) in [6, 6.07) is 13.8. The zero-order chi connectivity index (χ0) is 23.9. The number of aromatic nitrogens is 1. The second-order valence-electron chi connectivity index (χ2n) is 11.2. The highest BCUT2D eigenvalue weighted by Gasteiger charge is 2.56. The fraction of sp³-hybridized carbons (Fsp3) is 0.536. The fourth-order valence-electron chi connectivity index (χ4n) is 5.75. The number of hydrogen-bond donors (Lipinski definition) is 1. The second-order valence-corrected chi connectivity index (χ2v) is 11.2. The quantitative estimate of drug-likeness (QED) is 0.736. The second kappa shape index (κ2) is 9.05. The Bertz CT molecular complexity index is 1020. The van der Waals surface area contributed by atoms with Gasteiger partial charge in [-0.15, -0.1) is 0 Å². The minimum Gasteiger partial charge on any atom is -0.354 e. The highest BCUT2D eigenvalue weighted by Crippen LogP contribution is 2.51. The summed E-state index contributed by atoms with van der Waals surface area (Å²) in [4.78, 5) is 34.6. The van der Waals surface area contributed by atoms with E-state index in [0.717, 1.165) is 50.3 Å². The van der Waals surface area contributed by atoms with Crippen molar-refractivity contribution in [1.29, 1.82) is 0 Å².